The number of hydrogen-bond acceptors (Lipinski definition) is 2. The second-order valence-electron chi connectivity index (χ2n) is 4.38. The summed E-state index contributed by atoms with van der Waals surface area (Å²) in [4.78, 5) is 12.0. The van der Waals surface area contributed by atoms with E-state index in [4.69, 9.17) is 5.73 Å². The van der Waals surface area contributed by atoms with Crippen molar-refractivity contribution in [2.24, 2.45) is 0 Å². The highest BCUT2D eigenvalue weighted by Gasteiger charge is 2.07. The van der Waals surface area contributed by atoms with Crippen molar-refractivity contribution in [1.82, 2.24) is 0 Å². The highest BCUT2D eigenvalue weighted by atomic mass is 79.9. The number of nitrogens with one attached hydrogen (secondary N) is 1. The van der Waals surface area contributed by atoms with Gasteiger partial charge in [-0.05, 0) is 42.3 Å². The molecule has 0 aliphatic carbocycles. The van der Waals surface area contributed by atoms with Crippen LogP contribution in [0, 0.1) is 6.92 Å². The van der Waals surface area contributed by atoms with Gasteiger partial charge in [-0.25, -0.2) is 0 Å². The van der Waals surface area contributed by atoms with Crippen LogP contribution in [-0.2, 0) is 11.2 Å². The van der Waals surface area contributed by atoms with Crippen LogP contribution in [0.2, 0.25) is 0 Å². The number of benzene rings is 2. The van der Waals surface area contributed by atoms with E-state index in [2.05, 4.69) is 21.2 Å². The first kappa shape index (κ1) is 13.6. The molecule has 0 aromatic heterocycles. The molecule has 0 saturated carbocycles. The maximum Gasteiger partial charge on any atom is 0.228 e. The monoisotopic (exact) mass is 318 g/mol. The van der Waals surface area contributed by atoms with Gasteiger partial charge in [-0.3, -0.25) is 4.79 Å². The Morgan fingerprint density at radius 3 is 2.58 bits per heavy atom. The first-order valence-electron chi connectivity index (χ1n) is 5.95. The van der Waals surface area contributed by atoms with Crippen LogP contribution in [0.15, 0.2) is 46.9 Å². The highest BCUT2D eigenvalue weighted by Crippen LogP contribution is 2.23. The predicted molar refractivity (Wildman–Crippen MR) is 82.1 cm³/mol. The smallest absolute Gasteiger partial charge is 0.228 e. The zero-order valence-corrected chi connectivity index (χ0v) is 12.2. The minimum absolute atomic E-state index is 0.0361. The van der Waals surface area contributed by atoms with Crippen molar-refractivity contribution < 1.29 is 4.79 Å². The molecule has 0 aliphatic heterocycles. The molecule has 0 atom stereocenters. The van der Waals surface area contributed by atoms with E-state index < -0.39 is 0 Å². The largest absolute Gasteiger partial charge is 0.399 e. The van der Waals surface area contributed by atoms with Gasteiger partial charge >= 0.3 is 0 Å². The number of anilines is 2. The fourth-order valence-corrected chi connectivity index (χ4v) is 2.12. The molecule has 4 heteroatoms. The molecule has 2 aromatic carbocycles. The average Bonchev–Trinajstić information content (AvgIpc) is 2.38. The number of nitrogens with two attached hydrogens (primary N) is 1. The van der Waals surface area contributed by atoms with Gasteiger partial charge in [0, 0.05) is 15.8 Å². The molecule has 0 heterocycles. The Labute approximate surface area is 121 Å². The van der Waals surface area contributed by atoms with Crippen LogP contribution < -0.4 is 11.1 Å². The molecule has 2 aromatic rings. The molecule has 0 radical (unpaired) electrons. The molecule has 3 N–H and O–H groups in total. The zero-order valence-electron chi connectivity index (χ0n) is 10.6. The van der Waals surface area contributed by atoms with E-state index in [-0.39, 0.29) is 5.91 Å². The summed E-state index contributed by atoms with van der Waals surface area (Å²) in [6.45, 7) is 1.96. The first-order chi connectivity index (χ1) is 9.06. The SMILES string of the molecule is Cc1c(Br)cccc1NC(=O)Cc1ccc(N)cc1. The van der Waals surface area contributed by atoms with E-state index in [0.29, 0.717) is 12.1 Å². The second kappa shape index (κ2) is 5.89. The highest BCUT2D eigenvalue weighted by molar-refractivity contribution is 9.10. The summed E-state index contributed by atoms with van der Waals surface area (Å²) in [7, 11) is 0. The van der Waals surface area contributed by atoms with E-state index in [1.165, 1.54) is 0 Å². The van der Waals surface area contributed by atoms with Crippen molar-refractivity contribution in [3.63, 3.8) is 0 Å². The summed E-state index contributed by atoms with van der Waals surface area (Å²) >= 11 is 3.45. The average molecular weight is 319 g/mol. The van der Waals surface area contributed by atoms with Gasteiger partial charge in [-0.15, -0.1) is 0 Å². The van der Waals surface area contributed by atoms with Gasteiger partial charge in [0.2, 0.25) is 5.91 Å². The number of halogens is 1. The molecule has 0 unspecified atom stereocenters. The van der Waals surface area contributed by atoms with Gasteiger partial charge in [0.1, 0.15) is 0 Å². The Bertz CT molecular complexity index is 594. The fourth-order valence-electron chi connectivity index (χ4n) is 1.76. The molecule has 1 amide bonds. The summed E-state index contributed by atoms with van der Waals surface area (Å²) in [6, 6.07) is 13.1. The van der Waals surface area contributed by atoms with E-state index >= 15 is 0 Å². The van der Waals surface area contributed by atoms with Crippen LogP contribution in [0.5, 0.6) is 0 Å². The van der Waals surface area contributed by atoms with Crippen LogP contribution in [0.4, 0.5) is 11.4 Å². The molecule has 0 fully saturated rings. The lowest BCUT2D eigenvalue weighted by atomic mass is 10.1. The number of hydrogen-bond donors (Lipinski definition) is 2. The third-order valence-electron chi connectivity index (χ3n) is 2.89. The first-order valence-corrected chi connectivity index (χ1v) is 6.75. The Kier molecular flexibility index (Phi) is 4.22. The summed E-state index contributed by atoms with van der Waals surface area (Å²) in [5, 5.41) is 2.91. The minimum atomic E-state index is -0.0361. The third kappa shape index (κ3) is 3.58. The maximum atomic E-state index is 12.0. The number of rotatable bonds is 3. The van der Waals surface area contributed by atoms with Gasteiger partial charge < -0.3 is 11.1 Å². The maximum absolute atomic E-state index is 12.0. The fraction of sp³-hybridized carbons (Fsp3) is 0.133. The number of carbonyl (C=O) groups is 1. The van der Waals surface area contributed by atoms with Gasteiger partial charge in [0.25, 0.3) is 0 Å². The summed E-state index contributed by atoms with van der Waals surface area (Å²) < 4.78 is 0.984. The van der Waals surface area contributed by atoms with E-state index in [1.54, 1.807) is 12.1 Å². The van der Waals surface area contributed by atoms with Crippen LogP contribution in [-0.4, -0.2) is 5.91 Å². The van der Waals surface area contributed by atoms with Gasteiger partial charge in [-0.2, -0.15) is 0 Å². The lowest BCUT2D eigenvalue weighted by molar-refractivity contribution is -0.115. The summed E-state index contributed by atoms with van der Waals surface area (Å²) in [5.41, 5.74) is 9.11. The second-order valence-corrected chi connectivity index (χ2v) is 5.23. The van der Waals surface area contributed by atoms with Crippen LogP contribution >= 0.6 is 15.9 Å². The van der Waals surface area contributed by atoms with Crippen molar-refractivity contribution >= 4 is 33.2 Å². The van der Waals surface area contributed by atoms with Gasteiger partial charge in [0.05, 0.1) is 6.42 Å². The lowest BCUT2D eigenvalue weighted by Crippen LogP contribution is -2.15. The van der Waals surface area contributed by atoms with Crippen molar-refractivity contribution in [1.29, 1.82) is 0 Å². The quantitative estimate of drug-likeness (QED) is 0.851. The molecule has 0 saturated heterocycles. The molecule has 2 rings (SSSR count). The Morgan fingerprint density at radius 2 is 1.89 bits per heavy atom. The van der Waals surface area contributed by atoms with Gasteiger partial charge in [-0.1, -0.05) is 34.1 Å². The molecule has 3 nitrogen and oxygen atoms in total. The molecular weight excluding hydrogens is 304 g/mol. The molecule has 0 bridgehead atoms. The molecule has 0 aliphatic rings. The molecule has 98 valence electrons. The zero-order chi connectivity index (χ0) is 13.8. The topological polar surface area (TPSA) is 55.1 Å². The van der Waals surface area contributed by atoms with E-state index in [1.807, 2.05) is 37.3 Å². The summed E-state index contributed by atoms with van der Waals surface area (Å²) in [6.07, 6.45) is 0.340. The number of amides is 1. The molecule has 0 spiro atoms. The predicted octanol–water partition coefficient (Wildman–Crippen LogP) is 3.52. The van der Waals surface area contributed by atoms with Gasteiger partial charge in [0.15, 0.2) is 0 Å². The third-order valence-corrected chi connectivity index (χ3v) is 3.75. The minimum Gasteiger partial charge on any atom is -0.399 e. The Morgan fingerprint density at radius 1 is 1.21 bits per heavy atom. The normalized spacial score (nSPS) is 10.2. The van der Waals surface area contributed by atoms with Crippen molar-refractivity contribution in [2.75, 3.05) is 11.1 Å². The lowest BCUT2D eigenvalue weighted by Gasteiger charge is -2.09. The number of nitrogen functional groups attached to an aromatic ring is 1. The van der Waals surface area contributed by atoms with Crippen molar-refractivity contribution in [3.05, 3.63) is 58.1 Å². The molecular formula is C15H15BrN2O. The summed E-state index contributed by atoms with van der Waals surface area (Å²) in [5.74, 6) is -0.0361. The Balaban J connectivity index is 2.05. The molecule has 19 heavy (non-hydrogen) atoms. The van der Waals surface area contributed by atoms with E-state index in [9.17, 15) is 4.79 Å². The van der Waals surface area contributed by atoms with Crippen molar-refractivity contribution in [2.45, 2.75) is 13.3 Å². The van der Waals surface area contributed by atoms with E-state index in [0.717, 1.165) is 21.3 Å². The van der Waals surface area contributed by atoms with Crippen molar-refractivity contribution in [3.8, 4) is 0 Å². The Hall–Kier alpha value is -1.81. The number of carbonyl (C=O) groups excluding carboxylic acids is 1. The standard InChI is InChI=1S/C15H15BrN2O/c1-10-13(16)3-2-4-14(10)18-15(19)9-11-5-7-12(17)8-6-11/h2-8H,9,17H2,1H3,(H,18,19). The van der Waals surface area contributed by atoms with Crippen LogP contribution in [0.1, 0.15) is 11.1 Å². The van der Waals surface area contributed by atoms with Crippen LogP contribution in [0.3, 0.4) is 0 Å². The van der Waals surface area contributed by atoms with Crippen LogP contribution in [0.25, 0.3) is 0 Å².